The number of aromatic nitrogens is 2. The highest BCUT2D eigenvalue weighted by molar-refractivity contribution is 5.95. The highest BCUT2D eigenvalue weighted by Gasteiger charge is 2.14. The second-order valence-electron chi connectivity index (χ2n) is 3.94. The van der Waals surface area contributed by atoms with E-state index in [0.29, 0.717) is 18.3 Å². The summed E-state index contributed by atoms with van der Waals surface area (Å²) < 4.78 is 0. The Hall–Kier alpha value is -1.04. The van der Waals surface area contributed by atoms with E-state index in [-0.39, 0.29) is 18.2 Å². The predicted molar refractivity (Wildman–Crippen MR) is 67.5 cm³/mol. The van der Waals surface area contributed by atoms with E-state index in [1.807, 2.05) is 0 Å². The minimum Gasteiger partial charge on any atom is -0.315 e. The lowest BCUT2D eigenvalue weighted by Gasteiger charge is -2.23. The number of piperidine rings is 1. The van der Waals surface area contributed by atoms with Gasteiger partial charge in [0, 0.05) is 25.0 Å². The van der Waals surface area contributed by atoms with Crippen LogP contribution in [0.2, 0.25) is 0 Å². The smallest absolute Gasteiger partial charge is 0.196 e. The number of Topliss-reactive ketones (excluding diaryl/α,β-unsaturated/α-hetero) is 1. The number of nitrogens with zero attached hydrogens (tertiary/aromatic N) is 2. The number of nitrogens with one attached hydrogen (secondary N) is 2. The molecule has 0 amide bonds. The van der Waals surface area contributed by atoms with Crippen LogP contribution < -0.4 is 10.6 Å². The first-order valence-electron chi connectivity index (χ1n) is 5.59. The first-order chi connectivity index (χ1) is 7.86. The molecule has 0 bridgehead atoms. The second-order valence-corrected chi connectivity index (χ2v) is 3.94. The molecule has 5 nitrogen and oxygen atoms in total. The highest BCUT2D eigenvalue weighted by Crippen LogP contribution is 2.01. The summed E-state index contributed by atoms with van der Waals surface area (Å²) in [4.78, 5) is 19.6. The molecule has 0 spiro atoms. The van der Waals surface area contributed by atoms with E-state index in [1.54, 1.807) is 6.20 Å². The van der Waals surface area contributed by atoms with Crippen LogP contribution in [0.5, 0.6) is 0 Å². The summed E-state index contributed by atoms with van der Waals surface area (Å²) in [5.74, 6) is -0.00123. The van der Waals surface area contributed by atoms with Gasteiger partial charge in [-0.05, 0) is 19.4 Å². The van der Waals surface area contributed by atoms with Gasteiger partial charge in [0.15, 0.2) is 5.78 Å². The van der Waals surface area contributed by atoms with E-state index in [1.165, 1.54) is 12.4 Å². The monoisotopic (exact) mass is 256 g/mol. The minimum atomic E-state index is -0.00123. The van der Waals surface area contributed by atoms with Crippen molar-refractivity contribution >= 4 is 18.2 Å². The molecule has 94 valence electrons. The zero-order valence-electron chi connectivity index (χ0n) is 9.56. The number of hydrogen-bond acceptors (Lipinski definition) is 5. The van der Waals surface area contributed by atoms with Gasteiger partial charge in [-0.3, -0.25) is 9.78 Å². The van der Waals surface area contributed by atoms with Crippen LogP contribution in [-0.2, 0) is 0 Å². The Labute approximate surface area is 107 Å². The van der Waals surface area contributed by atoms with Crippen LogP contribution in [0.25, 0.3) is 0 Å². The van der Waals surface area contributed by atoms with Crippen LogP contribution in [0.15, 0.2) is 18.6 Å². The summed E-state index contributed by atoms with van der Waals surface area (Å²) in [7, 11) is 0. The van der Waals surface area contributed by atoms with Gasteiger partial charge in [-0.15, -0.1) is 12.4 Å². The lowest BCUT2D eigenvalue weighted by Crippen LogP contribution is -2.44. The molecule has 1 aliphatic rings. The number of ketones is 1. The number of hydrogen-bond donors (Lipinski definition) is 2. The van der Waals surface area contributed by atoms with Crippen LogP contribution in [0, 0.1) is 0 Å². The Morgan fingerprint density at radius 1 is 1.53 bits per heavy atom. The third-order valence-corrected chi connectivity index (χ3v) is 2.70. The van der Waals surface area contributed by atoms with Crippen LogP contribution in [0.1, 0.15) is 23.3 Å². The van der Waals surface area contributed by atoms with Gasteiger partial charge in [0.05, 0.1) is 12.7 Å². The molecule has 1 aliphatic heterocycles. The van der Waals surface area contributed by atoms with Gasteiger partial charge in [-0.2, -0.15) is 0 Å². The maximum absolute atomic E-state index is 11.7. The zero-order valence-corrected chi connectivity index (χ0v) is 10.4. The summed E-state index contributed by atoms with van der Waals surface area (Å²) in [5, 5.41) is 6.54. The van der Waals surface area contributed by atoms with Gasteiger partial charge in [0.25, 0.3) is 0 Å². The standard InChI is InChI=1S/C11H16N4O.ClH/c16-11(10-7-13-4-5-14-10)8-15-9-2-1-3-12-6-9;/h4-5,7,9,12,15H,1-3,6,8H2;1H/t9-;/m1./s1. The molecule has 1 fully saturated rings. The third-order valence-electron chi connectivity index (χ3n) is 2.70. The van der Waals surface area contributed by atoms with Gasteiger partial charge in [-0.1, -0.05) is 0 Å². The molecule has 1 aromatic heterocycles. The molecule has 0 aromatic carbocycles. The van der Waals surface area contributed by atoms with Crippen molar-refractivity contribution in [3.63, 3.8) is 0 Å². The SMILES string of the molecule is Cl.O=C(CN[C@@H]1CCCNC1)c1cnccn1. The molecule has 17 heavy (non-hydrogen) atoms. The molecule has 1 aromatic rings. The summed E-state index contributed by atoms with van der Waals surface area (Å²) in [6.07, 6.45) is 6.89. The van der Waals surface area contributed by atoms with Crippen LogP contribution >= 0.6 is 12.4 Å². The number of halogens is 1. The van der Waals surface area contributed by atoms with Crippen LogP contribution in [0.3, 0.4) is 0 Å². The molecule has 2 heterocycles. The van der Waals surface area contributed by atoms with E-state index in [2.05, 4.69) is 20.6 Å². The Kier molecular flexibility index (Phi) is 6.04. The zero-order chi connectivity index (χ0) is 11.2. The van der Waals surface area contributed by atoms with Crippen LogP contribution in [0.4, 0.5) is 0 Å². The first-order valence-corrected chi connectivity index (χ1v) is 5.59. The van der Waals surface area contributed by atoms with Gasteiger partial charge in [0.1, 0.15) is 5.69 Å². The van der Waals surface area contributed by atoms with Crippen LogP contribution in [-0.4, -0.2) is 41.4 Å². The molecular formula is C11H17ClN4O. The summed E-state index contributed by atoms with van der Waals surface area (Å²) in [6, 6.07) is 0.398. The molecule has 2 rings (SSSR count). The molecule has 1 atom stereocenters. The fraction of sp³-hybridized carbons (Fsp3) is 0.545. The van der Waals surface area contributed by atoms with Gasteiger partial charge in [-0.25, -0.2) is 4.98 Å². The Morgan fingerprint density at radius 3 is 3.06 bits per heavy atom. The molecule has 0 aliphatic carbocycles. The fourth-order valence-electron chi connectivity index (χ4n) is 1.80. The average Bonchev–Trinajstić information content (AvgIpc) is 2.38. The lowest BCUT2D eigenvalue weighted by molar-refractivity contribution is 0.0980. The summed E-state index contributed by atoms with van der Waals surface area (Å²) in [6.45, 7) is 2.36. The van der Waals surface area contributed by atoms with Gasteiger partial charge in [0.2, 0.25) is 0 Å². The molecule has 1 saturated heterocycles. The second kappa shape index (κ2) is 7.32. The average molecular weight is 257 g/mol. The Balaban J connectivity index is 0.00000144. The number of carbonyl (C=O) groups is 1. The van der Waals surface area contributed by atoms with Crippen molar-refractivity contribution in [2.45, 2.75) is 18.9 Å². The number of rotatable bonds is 4. The highest BCUT2D eigenvalue weighted by atomic mass is 35.5. The van der Waals surface area contributed by atoms with Gasteiger partial charge >= 0.3 is 0 Å². The number of carbonyl (C=O) groups excluding carboxylic acids is 1. The van der Waals surface area contributed by atoms with E-state index >= 15 is 0 Å². The van der Waals surface area contributed by atoms with Crippen molar-refractivity contribution in [3.8, 4) is 0 Å². The topological polar surface area (TPSA) is 66.9 Å². The maximum atomic E-state index is 11.7. The van der Waals surface area contributed by atoms with E-state index in [4.69, 9.17) is 0 Å². The van der Waals surface area contributed by atoms with Crippen molar-refractivity contribution in [2.24, 2.45) is 0 Å². The van der Waals surface area contributed by atoms with Crippen molar-refractivity contribution in [1.29, 1.82) is 0 Å². The van der Waals surface area contributed by atoms with E-state index in [0.717, 1.165) is 25.9 Å². The van der Waals surface area contributed by atoms with Gasteiger partial charge < -0.3 is 10.6 Å². The van der Waals surface area contributed by atoms with E-state index in [9.17, 15) is 4.79 Å². The molecule has 0 unspecified atom stereocenters. The molecular weight excluding hydrogens is 240 g/mol. The molecule has 0 saturated carbocycles. The lowest BCUT2D eigenvalue weighted by atomic mass is 10.1. The summed E-state index contributed by atoms with van der Waals surface area (Å²) >= 11 is 0. The Morgan fingerprint density at radius 2 is 2.41 bits per heavy atom. The molecule has 0 radical (unpaired) electrons. The normalized spacial score (nSPS) is 19.4. The quantitative estimate of drug-likeness (QED) is 0.765. The fourth-order valence-corrected chi connectivity index (χ4v) is 1.80. The van der Waals surface area contributed by atoms with Crippen molar-refractivity contribution in [3.05, 3.63) is 24.3 Å². The Bertz CT molecular complexity index is 341. The molecule has 6 heteroatoms. The summed E-state index contributed by atoms with van der Waals surface area (Å²) in [5.41, 5.74) is 0.429. The van der Waals surface area contributed by atoms with Crippen molar-refractivity contribution in [2.75, 3.05) is 19.6 Å². The largest absolute Gasteiger partial charge is 0.315 e. The minimum absolute atomic E-state index is 0. The first kappa shape index (κ1) is 14.0. The van der Waals surface area contributed by atoms with Crippen molar-refractivity contribution < 1.29 is 4.79 Å². The van der Waals surface area contributed by atoms with E-state index < -0.39 is 0 Å². The third kappa shape index (κ3) is 4.38. The molecule has 2 N–H and O–H groups in total. The maximum Gasteiger partial charge on any atom is 0.196 e. The van der Waals surface area contributed by atoms with Crippen molar-refractivity contribution in [1.82, 2.24) is 20.6 Å². The predicted octanol–water partition coefficient (Wildman–Crippen LogP) is 0.423.